The first kappa shape index (κ1) is 24.9. The highest BCUT2D eigenvalue weighted by Gasteiger charge is 2.16. The summed E-state index contributed by atoms with van der Waals surface area (Å²) in [4.78, 5) is 14.8. The Morgan fingerprint density at radius 1 is 0.386 bits per heavy atom. The van der Waals surface area contributed by atoms with Crippen LogP contribution in [0.1, 0.15) is 0 Å². The molecule has 0 aliphatic carbocycles. The van der Waals surface area contributed by atoms with E-state index in [-0.39, 0.29) is 0 Å². The van der Waals surface area contributed by atoms with Crippen molar-refractivity contribution in [1.82, 2.24) is 19.5 Å². The van der Waals surface area contributed by atoms with E-state index in [2.05, 4.69) is 89.5 Å². The molecule has 206 valence electrons. The lowest BCUT2D eigenvalue weighted by Crippen LogP contribution is -2.00. The van der Waals surface area contributed by atoms with Gasteiger partial charge in [-0.2, -0.15) is 0 Å². The Balaban J connectivity index is 1.24. The number of aromatic nitrogens is 4. The van der Waals surface area contributed by atoms with Gasteiger partial charge in [0.15, 0.2) is 17.5 Å². The van der Waals surface area contributed by atoms with Gasteiger partial charge in [0.2, 0.25) is 0 Å². The minimum absolute atomic E-state index is 0.664. The lowest BCUT2D eigenvalue weighted by molar-refractivity contribution is 1.07. The second-order valence-corrected chi connectivity index (χ2v) is 12.0. The molecular weight excluding hydrogens is 557 g/mol. The van der Waals surface area contributed by atoms with E-state index in [4.69, 9.17) is 15.0 Å². The molecule has 0 spiro atoms. The third-order valence-electron chi connectivity index (χ3n) is 8.25. The van der Waals surface area contributed by atoms with Crippen molar-refractivity contribution in [3.8, 4) is 39.9 Å². The molecule has 0 aliphatic rings. The largest absolute Gasteiger partial charge is 0.309 e. The summed E-state index contributed by atoms with van der Waals surface area (Å²) in [5.74, 6) is 1.99. The van der Waals surface area contributed by atoms with Crippen LogP contribution >= 0.6 is 11.3 Å². The molecular formula is C39H24N4S. The Morgan fingerprint density at radius 2 is 0.864 bits per heavy atom. The van der Waals surface area contributed by atoms with E-state index in [1.807, 2.05) is 72.0 Å². The molecule has 9 rings (SSSR count). The molecule has 0 radical (unpaired) electrons. The van der Waals surface area contributed by atoms with Crippen molar-refractivity contribution in [3.63, 3.8) is 0 Å². The van der Waals surface area contributed by atoms with Crippen molar-refractivity contribution in [1.29, 1.82) is 0 Å². The van der Waals surface area contributed by atoms with Crippen molar-refractivity contribution < 1.29 is 0 Å². The fourth-order valence-electron chi connectivity index (χ4n) is 6.18. The van der Waals surface area contributed by atoms with Crippen LogP contribution in [0.15, 0.2) is 146 Å². The maximum absolute atomic E-state index is 4.97. The van der Waals surface area contributed by atoms with Gasteiger partial charge in [-0.15, -0.1) is 11.3 Å². The summed E-state index contributed by atoms with van der Waals surface area (Å²) in [6.07, 6.45) is 0. The number of rotatable bonds is 4. The van der Waals surface area contributed by atoms with Crippen LogP contribution in [0.5, 0.6) is 0 Å². The summed E-state index contributed by atoms with van der Waals surface area (Å²) < 4.78 is 4.87. The van der Waals surface area contributed by atoms with Gasteiger partial charge in [0.1, 0.15) is 0 Å². The van der Waals surface area contributed by atoms with Gasteiger partial charge in [0.05, 0.1) is 11.0 Å². The molecule has 9 aromatic rings. The van der Waals surface area contributed by atoms with Gasteiger partial charge < -0.3 is 4.57 Å². The molecule has 0 N–H and O–H groups in total. The summed E-state index contributed by atoms with van der Waals surface area (Å²) in [6, 6.07) is 50.9. The third-order valence-corrected chi connectivity index (χ3v) is 9.40. The van der Waals surface area contributed by atoms with Gasteiger partial charge in [-0.25, -0.2) is 15.0 Å². The van der Waals surface area contributed by atoms with Gasteiger partial charge in [0.25, 0.3) is 0 Å². The van der Waals surface area contributed by atoms with Crippen LogP contribution in [0.25, 0.3) is 81.8 Å². The van der Waals surface area contributed by atoms with Gasteiger partial charge in [0, 0.05) is 53.3 Å². The van der Waals surface area contributed by atoms with Gasteiger partial charge in [-0.05, 0) is 48.5 Å². The molecule has 0 atom stereocenters. The molecule has 0 amide bonds. The van der Waals surface area contributed by atoms with Crippen LogP contribution in [0, 0.1) is 0 Å². The van der Waals surface area contributed by atoms with Gasteiger partial charge >= 0.3 is 0 Å². The summed E-state index contributed by atoms with van der Waals surface area (Å²) in [7, 11) is 0. The summed E-state index contributed by atoms with van der Waals surface area (Å²) in [5, 5.41) is 4.96. The summed E-state index contributed by atoms with van der Waals surface area (Å²) in [5.41, 5.74) is 6.47. The SMILES string of the molecule is c1ccc(-c2nc(-c3ccccc3)nc(-c3ccc4sc5ccc(-n6c7ccccc7c7ccccc76)cc5c4c3)n2)cc1. The molecule has 44 heavy (non-hydrogen) atoms. The maximum Gasteiger partial charge on any atom is 0.164 e. The Morgan fingerprint density at radius 3 is 1.45 bits per heavy atom. The average molecular weight is 581 g/mol. The fourth-order valence-corrected chi connectivity index (χ4v) is 7.25. The number of hydrogen-bond donors (Lipinski definition) is 0. The number of fused-ring (bicyclic) bond motifs is 6. The molecule has 4 nitrogen and oxygen atoms in total. The molecule has 0 saturated heterocycles. The highest BCUT2D eigenvalue weighted by Crippen LogP contribution is 2.39. The highest BCUT2D eigenvalue weighted by molar-refractivity contribution is 7.25. The Bertz CT molecular complexity index is 2380. The molecule has 3 aromatic heterocycles. The van der Waals surface area contributed by atoms with E-state index in [1.165, 1.54) is 42.0 Å². The zero-order chi connectivity index (χ0) is 29.0. The number of thiophene rings is 1. The number of nitrogens with zero attached hydrogens (tertiary/aromatic N) is 4. The topological polar surface area (TPSA) is 43.6 Å². The molecule has 0 unspecified atom stereocenters. The number of para-hydroxylation sites is 2. The zero-order valence-electron chi connectivity index (χ0n) is 23.6. The van der Waals surface area contributed by atoms with Crippen LogP contribution in [-0.4, -0.2) is 19.5 Å². The van der Waals surface area contributed by atoms with E-state index in [0.29, 0.717) is 17.5 Å². The van der Waals surface area contributed by atoms with Gasteiger partial charge in [-0.1, -0.05) is 97.1 Å². The average Bonchev–Trinajstić information content (AvgIpc) is 3.64. The van der Waals surface area contributed by atoms with Gasteiger partial charge in [-0.3, -0.25) is 0 Å². The Labute approximate surface area is 257 Å². The number of hydrogen-bond acceptors (Lipinski definition) is 4. The second-order valence-electron chi connectivity index (χ2n) is 10.9. The highest BCUT2D eigenvalue weighted by atomic mass is 32.1. The third kappa shape index (κ3) is 4.02. The molecule has 3 heterocycles. The monoisotopic (exact) mass is 580 g/mol. The Hall–Kier alpha value is -5.65. The first-order valence-electron chi connectivity index (χ1n) is 14.6. The lowest BCUT2D eigenvalue weighted by Gasteiger charge is -2.09. The molecule has 0 bridgehead atoms. The van der Waals surface area contributed by atoms with E-state index in [1.54, 1.807) is 0 Å². The van der Waals surface area contributed by atoms with Crippen molar-refractivity contribution in [2.75, 3.05) is 0 Å². The zero-order valence-corrected chi connectivity index (χ0v) is 24.4. The number of benzene rings is 6. The molecule has 5 heteroatoms. The quantitative estimate of drug-likeness (QED) is 0.208. The van der Waals surface area contributed by atoms with Crippen LogP contribution in [0.4, 0.5) is 0 Å². The first-order valence-corrected chi connectivity index (χ1v) is 15.4. The van der Waals surface area contributed by atoms with Crippen LogP contribution in [0.2, 0.25) is 0 Å². The van der Waals surface area contributed by atoms with Crippen LogP contribution < -0.4 is 0 Å². The van der Waals surface area contributed by atoms with Crippen molar-refractivity contribution >= 4 is 53.3 Å². The van der Waals surface area contributed by atoms with Crippen LogP contribution in [0.3, 0.4) is 0 Å². The minimum Gasteiger partial charge on any atom is -0.309 e. The molecule has 0 fully saturated rings. The van der Waals surface area contributed by atoms with E-state index in [0.717, 1.165) is 22.4 Å². The van der Waals surface area contributed by atoms with Crippen molar-refractivity contribution in [2.45, 2.75) is 0 Å². The first-order chi connectivity index (χ1) is 21.8. The normalized spacial score (nSPS) is 11.6. The predicted octanol–water partition coefficient (Wildman–Crippen LogP) is 10.3. The summed E-state index contributed by atoms with van der Waals surface area (Å²) >= 11 is 1.82. The van der Waals surface area contributed by atoms with Crippen LogP contribution in [-0.2, 0) is 0 Å². The predicted molar refractivity (Wildman–Crippen MR) is 183 cm³/mol. The standard InChI is InChI=1S/C39H24N4S/c1-3-11-25(12-4-1)37-40-38(26-13-5-2-6-14-26)42-39(41-37)27-19-21-35-31(23-27)32-24-28(20-22-36(32)44-35)43-33-17-9-7-15-29(33)30-16-8-10-18-34(30)43/h1-24H. The van der Waals surface area contributed by atoms with Crippen molar-refractivity contribution in [3.05, 3.63) is 146 Å². The minimum atomic E-state index is 0.664. The van der Waals surface area contributed by atoms with E-state index >= 15 is 0 Å². The van der Waals surface area contributed by atoms with Crippen molar-refractivity contribution in [2.24, 2.45) is 0 Å². The summed E-state index contributed by atoms with van der Waals surface area (Å²) in [6.45, 7) is 0. The van der Waals surface area contributed by atoms with E-state index in [9.17, 15) is 0 Å². The molecule has 0 saturated carbocycles. The fraction of sp³-hybridized carbons (Fsp3) is 0. The smallest absolute Gasteiger partial charge is 0.164 e. The molecule has 0 aliphatic heterocycles. The van der Waals surface area contributed by atoms with E-state index < -0.39 is 0 Å². The Kier molecular flexibility index (Phi) is 5.64. The lowest BCUT2D eigenvalue weighted by atomic mass is 10.1. The molecule has 6 aromatic carbocycles. The second kappa shape index (κ2) is 9.97. The maximum atomic E-state index is 4.97.